The molecule has 0 fully saturated rings. The zero-order chi connectivity index (χ0) is 17.0. The Labute approximate surface area is 137 Å². The van der Waals surface area contributed by atoms with E-state index in [9.17, 15) is 19.5 Å². The molecule has 2 aromatic rings. The lowest BCUT2D eigenvalue weighted by Crippen LogP contribution is -2.38. The molecule has 0 saturated carbocycles. The van der Waals surface area contributed by atoms with Crippen LogP contribution < -0.4 is 0 Å². The minimum atomic E-state index is -0.717. The van der Waals surface area contributed by atoms with E-state index in [0.717, 1.165) is 0 Å². The van der Waals surface area contributed by atoms with Gasteiger partial charge in [0.2, 0.25) is 0 Å². The van der Waals surface area contributed by atoms with E-state index in [1.165, 1.54) is 13.2 Å². The maximum Gasteiger partial charge on any atom is 0.197 e. The number of carbonyl (C=O) groups excluding carboxylic acids is 3. The van der Waals surface area contributed by atoms with Crippen LogP contribution in [0.25, 0.3) is 10.8 Å². The number of ketones is 3. The molecule has 1 heterocycles. The molecule has 5 nitrogen and oxygen atoms in total. The van der Waals surface area contributed by atoms with Crippen LogP contribution in [0.4, 0.5) is 0 Å². The van der Waals surface area contributed by atoms with Gasteiger partial charge in [0.05, 0.1) is 17.7 Å². The highest BCUT2D eigenvalue weighted by Crippen LogP contribution is 2.42. The minimum Gasteiger partial charge on any atom is -0.507 e. The van der Waals surface area contributed by atoms with Gasteiger partial charge in [0.1, 0.15) is 5.75 Å². The van der Waals surface area contributed by atoms with Gasteiger partial charge in [-0.2, -0.15) is 0 Å². The van der Waals surface area contributed by atoms with Crippen LogP contribution in [0.2, 0.25) is 0 Å². The predicted octanol–water partition coefficient (Wildman–Crippen LogP) is 2.80. The van der Waals surface area contributed by atoms with Gasteiger partial charge >= 0.3 is 0 Å². The van der Waals surface area contributed by atoms with Crippen molar-refractivity contribution in [2.24, 2.45) is 5.92 Å². The first-order valence-electron chi connectivity index (χ1n) is 7.68. The van der Waals surface area contributed by atoms with Crippen LogP contribution in [0.15, 0.2) is 42.2 Å². The number of rotatable bonds is 1. The van der Waals surface area contributed by atoms with Gasteiger partial charge in [-0.05, 0) is 18.4 Å². The summed E-state index contributed by atoms with van der Waals surface area (Å²) in [6.45, 7) is 1.39. The van der Waals surface area contributed by atoms with E-state index in [-0.39, 0.29) is 40.4 Å². The number of phenolic OH excluding ortho intramolecular Hbond substituents is 1. The Kier molecular flexibility index (Phi) is 3.06. The number of hydrogen-bond acceptors (Lipinski definition) is 5. The van der Waals surface area contributed by atoms with Crippen molar-refractivity contribution in [3.63, 3.8) is 0 Å². The number of hydrogen-bond donors (Lipinski definition) is 1. The zero-order valence-corrected chi connectivity index (χ0v) is 12.9. The summed E-state index contributed by atoms with van der Waals surface area (Å²) in [4.78, 5) is 37.2. The maximum atomic E-state index is 12.9. The summed E-state index contributed by atoms with van der Waals surface area (Å²) in [6.07, 6.45) is 0.641. The number of Topliss-reactive ketones (excluding diaryl/α,β-unsaturated/α-hetero) is 3. The number of ether oxygens (including phenoxy) is 1. The molecule has 4 rings (SSSR count). The number of benzene rings is 2. The summed E-state index contributed by atoms with van der Waals surface area (Å²) in [5, 5.41) is 11.7. The lowest BCUT2D eigenvalue weighted by atomic mass is 9.74. The fraction of sp³-hybridized carbons (Fsp3) is 0.211. The van der Waals surface area contributed by atoms with E-state index in [1.54, 1.807) is 30.3 Å². The van der Waals surface area contributed by atoms with Crippen LogP contribution in [0.5, 0.6) is 5.75 Å². The second-order valence-corrected chi connectivity index (χ2v) is 6.16. The van der Waals surface area contributed by atoms with Crippen molar-refractivity contribution in [1.82, 2.24) is 0 Å². The van der Waals surface area contributed by atoms with Gasteiger partial charge in [-0.25, -0.2) is 0 Å². The Hall–Kier alpha value is -2.95. The predicted molar refractivity (Wildman–Crippen MR) is 86.0 cm³/mol. The van der Waals surface area contributed by atoms with Crippen molar-refractivity contribution in [2.45, 2.75) is 19.4 Å². The second kappa shape index (κ2) is 5.03. The highest BCUT2D eigenvalue weighted by atomic mass is 16.5. The van der Waals surface area contributed by atoms with Gasteiger partial charge in [0, 0.05) is 22.9 Å². The average Bonchev–Trinajstić information content (AvgIpc) is 2.59. The van der Waals surface area contributed by atoms with E-state index < -0.39 is 17.8 Å². The molecule has 2 aromatic carbocycles. The molecule has 1 aliphatic heterocycles. The number of allylic oxidation sites excluding steroid dienone is 1. The Balaban J connectivity index is 1.94. The van der Waals surface area contributed by atoms with Crippen LogP contribution in [0, 0.1) is 5.92 Å². The molecule has 0 aromatic heterocycles. The Morgan fingerprint density at radius 3 is 2.75 bits per heavy atom. The van der Waals surface area contributed by atoms with Gasteiger partial charge in [-0.3, -0.25) is 14.4 Å². The Morgan fingerprint density at radius 1 is 1.25 bits per heavy atom. The van der Waals surface area contributed by atoms with Crippen molar-refractivity contribution in [2.75, 3.05) is 0 Å². The van der Waals surface area contributed by atoms with Gasteiger partial charge in [0.25, 0.3) is 0 Å². The summed E-state index contributed by atoms with van der Waals surface area (Å²) < 4.78 is 5.30. The van der Waals surface area contributed by atoms with Crippen molar-refractivity contribution in [1.29, 1.82) is 0 Å². The monoisotopic (exact) mass is 322 g/mol. The molecule has 2 atom stereocenters. The maximum absolute atomic E-state index is 12.9. The standard InChI is InChI=1S/C19H14O5/c1-9(20)15-7-12-14(8-24-15)19(23)16-13(17(12)21)6-10-4-2-3-5-11(10)18(16)22/h2-6,8,12,15,22H,7H2,1H3. The van der Waals surface area contributed by atoms with E-state index in [2.05, 4.69) is 0 Å². The molecule has 0 bridgehead atoms. The number of phenols is 1. The number of carbonyl (C=O) groups is 3. The van der Waals surface area contributed by atoms with Crippen molar-refractivity contribution in [3.05, 3.63) is 53.3 Å². The molecule has 0 amide bonds. The van der Waals surface area contributed by atoms with Crippen LogP contribution in [-0.4, -0.2) is 28.6 Å². The first-order valence-corrected chi connectivity index (χ1v) is 7.68. The molecular formula is C19H14O5. The Bertz CT molecular complexity index is 954. The van der Waals surface area contributed by atoms with Gasteiger partial charge in [-0.1, -0.05) is 24.3 Å². The fourth-order valence-electron chi connectivity index (χ4n) is 3.44. The molecular weight excluding hydrogens is 308 g/mol. The van der Waals surface area contributed by atoms with Gasteiger partial charge < -0.3 is 9.84 Å². The third-order valence-electron chi connectivity index (χ3n) is 4.73. The van der Waals surface area contributed by atoms with Crippen LogP contribution in [0.1, 0.15) is 34.1 Å². The quantitative estimate of drug-likeness (QED) is 0.873. The van der Waals surface area contributed by atoms with Crippen molar-refractivity contribution in [3.8, 4) is 5.75 Å². The lowest BCUT2D eigenvalue weighted by Gasteiger charge is -2.31. The molecule has 0 radical (unpaired) electrons. The molecule has 2 unspecified atom stereocenters. The smallest absolute Gasteiger partial charge is 0.197 e. The molecule has 24 heavy (non-hydrogen) atoms. The van der Waals surface area contributed by atoms with E-state index >= 15 is 0 Å². The van der Waals surface area contributed by atoms with Gasteiger partial charge in [0.15, 0.2) is 23.5 Å². The largest absolute Gasteiger partial charge is 0.507 e. The minimum absolute atomic E-state index is 0.0195. The molecule has 0 saturated heterocycles. The summed E-state index contributed by atoms with van der Waals surface area (Å²) in [5.74, 6) is -1.74. The Morgan fingerprint density at radius 2 is 2.00 bits per heavy atom. The summed E-state index contributed by atoms with van der Waals surface area (Å²) in [7, 11) is 0. The summed E-state index contributed by atoms with van der Waals surface area (Å²) >= 11 is 0. The third-order valence-corrected chi connectivity index (χ3v) is 4.73. The SMILES string of the molecule is CC(=O)C1CC2C(=O)c3cc4ccccc4c(O)c3C(=O)C2=CO1. The van der Waals surface area contributed by atoms with E-state index in [1.807, 2.05) is 0 Å². The topological polar surface area (TPSA) is 80.7 Å². The second-order valence-electron chi connectivity index (χ2n) is 6.16. The first-order chi connectivity index (χ1) is 11.5. The highest BCUT2D eigenvalue weighted by Gasteiger charge is 2.43. The van der Waals surface area contributed by atoms with Crippen molar-refractivity contribution < 1.29 is 24.2 Å². The molecule has 120 valence electrons. The third kappa shape index (κ3) is 1.91. The first kappa shape index (κ1) is 14.6. The molecule has 5 heteroatoms. The fourth-order valence-corrected chi connectivity index (χ4v) is 3.44. The molecule has 1 aliphatic carbocycles. The van der Waals surface area contributed by atoms with E-state index in [4.69, 9.17) is 4.74 Å². The highest BCUT2D eigenvalue weighted by molar-refractivity contribution is 6.26. The average molecular weight is 322 g/mol. The zero-order valence-electron chi connectivity index (χ0n) is 12.9. The van der Waals surface area contributed by atoms with Crippen LogP contribution in [-0.2, 0) is 9.53 Å². The summed E-state index contributed by atoms with van der Waals surface area (Å²) in [6, 6.07) is 8.68. The normalized spacial score (nSPS) is 22.5. The van der Waals surface area contributed by atoms with Crippen molar-refractivity contribution >= 4 is 28.1 Å². The molecule has 0 spiro atoms. The lowest BCUT2D eigenvalue weighted by molar-refractivity contribution is -0.126. The van der Waals surface area contributed by atoms with E-state index in [0.29, 0.717) is 10.8 Å². The number of fused-ring (bicyclic) bond motifs is 3. The number of aromatic hydroxyl groups is 1. The summed E-state index contributed by atoms with van der Waals surface area (Å²) in [5.41, 5.74) is 0.434. The molecule has 1 N–H and O–H groups in total. The van der Waals surface area contributed by atoms with Gasteiger partial charge in [-0.15, -0.1) is 0 Å². The van der Waals surface area contributed by atoms with Crippen LogP contribution in [0.3, 0.4) is 0 Å². The molecule has 2 aliphatic rings. The van der Waals surface area contributed by atoms with Crippen LogP contribution >= 0.6 is 0 Å².